The molecule has 0 radical (unpaired) electrons. The summed E-state index contributed by atoms with van der Waals surface area (Å²) >= 11 is 1.75. The van der Waals surface area contributed by atoms with Crippen molar-refractivity contribution in [2.75, 3.05) is 0 Å². The molecule has 7 heteroatoms. The maximum Gasteiger partial charge on any atom is 0.171 e. The van der Waals surface area contributed by atoms with E-state index < -0.39 is 12.6 Å². The Balaban J connectivity index is 1.17. The number of fused-ring (bicyclic) bond motifs is 11. The highest BCUT2D eigenvalue weighted by molar-refractivity contribution is 7.85. The molecule has 278 valence electrons. The van der Waals surface area contributed by atoms with Crippen molar-refractivity contribution < 1.29 is 9.30 Å². The molecule has 0 saturated heterocycles. The molecule has 2 atom stereocenters. The van der Waals surface area contributed by atoms with Crippen LogP contribution in [0.3, 0.4) is 0 Å². The number of para-hydroxylation sites is 1. The largest absolute Gasteiger partial charge is 0.457 e. The summed E-state index contributed by atoms with van der Waals surface area (Å²) in [4.78, 5) is 15.1. The molecule has 12 rings (SSSR count). The molecule has 2 unspecified atom stereocenters. The standard InChI is InChI=1S/C52H32N3O2PS/c56-58(36-20-8-3-9-21-36)45-26-14-12-24-41(45)52(42-31-38-37-22-10-15-27-47(37)59-48(38)32-46(42)58)39-23-11-13-25-43(39)57-44-30-35(28-29-40(44)52)51-54-49(33-16-4-1-5-17-33)53-50(55-51)34-18-6-2-7-19-34/h1-32H. The van der Waals surface area contributed by atoms with Crippen molar-refractivity contribution in [3.63, 3.8) is 0 Å². The van der Waals surface area contributed by atoms with Gasteiger partial charge in [-0.1, -0.05) is 164 Å². The molecule has 2 aromatic heterocycles. The second-order valence-corrected chi connectivity index (χ2v) is 18.8. The lowest BCUT2D eigenvalue weighted by Gasteiger charge is -2.47. The number of hydrogen-bond donors (Lipinski definition) is 0. The highest BCUT2D eigenvalue weighted by Crippen LogP contribution is 2.62. The highest BCUT2D eigenvalue weighted by Gasteiger charge is 2.54. The van der Waals surface area contributed by atoms with Crippen LogP contribution in [0, 0.1) is 0 Å². The maximum absolute atomic E-state index is 16.5. The lowest BCUT2D eigenvalue weighted by atomic mass is 9.63. The van der Waals surface area contributed by atoms with Gasteiger partial charge in [0, 0.05) is 63.9 Å². The quantitative estimate of drug-likeness (QED) is 0.166. The molecule has 2 aliphatic heterocycles. The Hall–Kier alpha value is -6.98. The van der Waals surface area contributed by atoms with Gasteiger partial charge in [-0.25, -0.2) is 15.0 Å². The third-order valence-corrected chi connectivity index (χ3v) is 16.1. The van der Waals surface area contributed by atoms with E-state index in [1.165, 1.54) is 10.1 Å². The van der Waals surface area contributed by atoms with Crippen molar-refractivity contribution in [3.8, 4) is 45.7 Å². The summed E-state index contributed by atoms with van der Waals surface area (Å²) in [7, 11) is -3.40. The summed E-state index contributed by atoms with van der Waals surface area (Å²) in [5.74, 6) is 3.16. The summed E-state index contributed by atoms with van der Waals surface area (Å²) in [6.45, 7) is 0. The van der Waals surface area contributed by atoms with Crippen molar-refractivity contribution in [1.29, 1.82) is 0 Å². The van der Waals surface area contributed by atoms with Crippen LogP contribution in [0.4, 0.5) is 0 Å². The summed E-state index contributed by atoms with van der Waals surface area (Å²) in [5.41, 5.74) is 5.69. The summed E-state index contributed by atoms with van der Waals surface area (Å²) in [6, 6.07) is 66.2. The topological polar surface area (TPSA) is 65.0 Å². The minimum absolute atomic E-state index is 0.543. The number of benzene rings is 8. The van der Waals surface area contributed by atoms with E-state index in [-0.39, 0.29) is 0 Å². The molecule has 0 fully saturated rings. The van der Waals surface area contributed by atoms with Crippen molar-refractivity contribution in [2.45, 2.75) is 5.41 Å². The summed E-state index contributed by atoms with van der Waals surface area (Å²) < 4.78 is 25.8. The van der Waals surface area contributed by atoms with Crippen molar-refractivity contribution >= 4 is 54.6 Å². The van der Waals surface area contributed by atoms with Gasteiger partial charge in [0.25, 0.3) is 0 Å². The molecule has 1 spiro atoms. The molecule has 2 aliphatic rings. The van der Waals surface area contributed by atoms with Crippen LogP contribution in [-0.4, -0.2) is 15.0 Å². The van der Waals surface area contributed by atoms with Gasteiger partial charge < -0.3 is 9.30 Å². The van der Waals surface area contributed by atoms with Crippen LogP contribution < -0.4 is 20.7 Å². The first-order valence-electron chi connectivity index (χ1n) is 19.6. The number of ether oxygens (including phenoxy) is 1. The molecule has 10 aromatic rings. The predicted molar refractivity (Wildman–Crippen MR) is 240 cm³/mol. The van der Waals surface area contributed by atoms with Crippen LogP contribution in [0.2, 0.25) is 0 Å². The Morgan fingerprint density at radius 3 is 1.73 bits per heavy atom. The fourth-order valence-corrected chi connectivity index (χ4v) is 13.7. The van der Waals surface area contributed by atoms with Crippen LogP contribution >= 0.6 is 18.5 Å². The van der Waals surface area contributed by atoms with Gasteiger partial charge >= 0.3 is 0 Å². The minimum Gasteiger partial charge on any atom is -0.457 e. The van der Waals surface area contributed by atoms with E-state index in [2.05, 4.69) is 84.9 Å². The second-order valence-electron chi connectivity index (χ2n) is 15.0. The van der Waals surface area contributed by atoms with Gasteiger partial charge in [-0.05, 0) is 41.5 Å². The Morgan fingerprint density at radius 2 is 1.00 bits per heavy atom. The summed E-state index contributed by atoms with van der Waals surface area (Å²) in [6.07, 6.45) is 0. The van der Waals surface area contributed by atoms with Crippen LogP contribution in [0.5, 0.6) is 11.5 Å². The van der Waals surface area contributed by atoms with Gasteiger partial charge in [-0.2, -0.15) is 0 Å². The van der Waals surface area contributed by atoms with Crippen LogP contribution in [0.15, 0.2) is 194 Å². The van der Waals surface area contributed by atoms with E-state index in [0.717, 1.165) is 70.7 Å². The average Bonchev–Trinajstić information content (AvgIpc) is 3.68. The first-order valence-corrected chi connectivity index (χ1v) is 22.1. The third kappa shape index (κ3) is 4.97. The zero-order chi connectivity index (χ0) is 39.1. The first kappa shape index (κ1) is 34.1. The third-order valence-electron chi connectivity index (χ3n) is 11.9. The molecule has 0 saturated carbocycles. The van der Waals surface area contributed by atoms with Gasteiger partial charge in [-0.15, -0.1) is 11.3 Å². The van der Waals surface area contributed by atoms with Crippen LogP contribution in [-0.2, 0) is 9.98 Å². The first-order chi connectivity index (χ1) is 29.1. The maximum atomic E-state index is 16.5. The van der Waals surface area contributed by atoms with Gasteiger partial charge in [0.1, 0.15) is 11.5 Å². The zero-order valence-electron chi connectivity index (χ0n) is 31.5. The SMILES string of the molecule is O=P1(c2ccccc2)c2ccccc2C2(c3ccccc3Oc3cc(-c4nc(-c5ccccc5)nc(-c5ccccc5)n4)ccc32)c2cc3c(cc21)sc1ccccc13. The van der Waals surface area contributed by atoms with E-state index in [9.17, 15) is 0 Å². The molecular formula is C52H32N3O2PS. The number of aromatic nitrogens is 3. The van der Waals surface area contributed by atoms with E-state index in [0.29, 0.717) is 23.2 Å². The number of rotatable bonds is 4. The van der Waals surface area contributed by atoms with Gasteiger partial charge in [0.15, 0.2) is 24.6 Å². The number of hydrogen-bond acceptors (Lipinski definition) is 6. The predicted octanol–water partition coefficient (Wildman–Crippen LogP) is 11.7. The van der Waals surface area contributed by atoms with E-state index in [4.69, 9.17) is 19.7 Å². The molecule has 8 aromatic carbocycles. The molecule has 59 heavy (non-hydrogen) atoms. The Morgan fingerprint density at radius 1 is 0.424 bits per heavy atom. The monoisotopic (exact) mass is 793 g/mol. The lowest BCUT2D eigenvalue weighted by Crippen LogP contribution is -2.47. The van der Waals surface area contributed by atoms with E-state index >= 15 is 4.57 Å². The zero-order valence-corrected chi connectivity index (χ0v) is 33.2. The second kappa shape index (κ2) is 13.0. The number of thiophene rings is 1. The van der Waals surface area contributed by atoms with E-state index in [1.807, 2.05) is 109 Å². The molecule has 0 aliphatic carbocycles. The van der Waals surface area contributed by atoms with Crippen LogP contribution in [0.25, 0.3) is 54.3 Å². The summed E-state index contributed by atoms with van der Waals surface area (Å²) in [5, 5.41) is 4.84. The molecule has 4 heterocycles. The average molecular weight is 794 g/mol. The smallest absolute Gasteiger partial charge is 0.171 e. The van der Waals surface area contributed by atoms with Crippen molar-refractivity contribution in [2.24, 2.45) is 0 Å². The number of nitrogens with zero attached hydrogens (tertiary/aromatic N) is 3. The van der Waals surface area contributed by atoms with Gasteiger partial charge in [-0.3, -0.25) is 0 Å². The van der Waals surface area contributed by atoms with Gasteiger partial charge in [0.05, 0.1) is 5.41 Å². The minimum atomic E-state index is -3.40. The molecule has 0 amide bonds. The van der Waals surface area contributed by atoms with Crippen LogP contribution in [0.1, 0.15) is 22.3 Å². The molecule has 0 N–H and O–H groups in total. The Labute approximate surface area is 344 Å². The highest BCUT2D eigenvalue weighted by atomic mass is 32.1. The lowest BCUT2D eigenvalue weighted by molar-refractivity contribution is 0.435. The molecule has 0 bridgehead atoms. The Bertz CT molecular complexity index is 3290. The fourth-order valence-electron chi connectivity index (χ4n) is 9.28. The van der Waals surface area contributed by atoms with E-state index in [1.54, 1.807) is 11.3 Å². The molecule has 5 nitrogen and oxygen atoms in total. The van der Waals surface area contributed by atoms with Gasteiger partial charge in [0.2, 0.25) is 0 Å². The Kier molecular flexibility index (Phi) is 7.52. The molecular weight excluding hydrogens is 762 g/mol. The fraction of sp³-hybridized carbons (Fsp3) is 0.0192. The normalized spacial score (nSPS) is 17.5. The van der Waals surface area contributed by atoms with Crippen molar-refractivity contribution in [1.82, 2.24) is 15.0 Å². The van der Waals surface area contributed by atoms with Crippen molar-refractivity contribution in [3.05, 3.63) is 216 Å².